The Labute approximate surface area is 107 Å². The van der Waals surface area contributed by atoms with Gasteiger partial charge in [-0.05, 0) is 33.2 Å². The minimum Gasteiger partial charge on any atom is -0.508 e. The van der Waals surface area contributed by atoms with E-state index in [9.17, 15) is 5.11 Å². The van der Waals surface area contributed by atoms with E-state index in [2.05, 4.69) is 21.4 Å². The number of phenolic OH excluding ortho intramolecular Hbond substituents is 1. The average molecular weight is 248 g/mol. The molecular formula is C13H20N4O. The van der Waals surface area contributed by atoms with Gasteiger partial charge in [-0.1, -0.05) is 0 Å². The Bertz CT molecular complexity index is 547. The van der Waals surface area contributed by atoms with E-state index in [-0.39, 0.29) is 11.8 Å². The highest BCUT2D eigenvalue weighted by Gasteiger charge is 2.17. The lowest BCUT2D eigenvalue weighted by Crippen LogP contribution is -2.22. The monoisotopic (exact) mass is 248 g/mol. The third kappa shape index (κ3) is 2.19. The molecule has 0 aliphatic rings. The van der Waals surface area contributed by atoms with Crippen molar-refractivity contribution >= 4 is 11.0 Å². The number of hydrogen-bond acceptors (Lipinski definition) is 4. The van der Waals surface area contributed by atoms with Crippen molar-refractivity contribution in [3.63, 3.8) is 0 Å². The number of aromatic nitrogens is 2. The summed E-state index contributed by atoms with van der Waals surface area (Å²) >= 11 is 0. The zero-order chi connectivity index (χ0) is 13.3. The molecule has 0 radical (unpaired) electrons. The fourth-order valence-electron chi connectivity index (χ4n) is 2.05. The summed E-state index contributed by atoms with van der Waals surface area (Å²) < 4.78 is 2.12. The molecule has 2 aromatic rings. The highest BCUT2D eigenvalue weighted by molar-refractivity contribution is 5.77. The summed E-state index contributed by atoms with van der Waals surface area (Å²) in [6.07, 6.45) is 0. The molecule has 5 heteroatoms. The van der Waals surface area contributed by atoms with Crippen molar-refractivity contribution in [1.29, 1.82) is 0 Å². The molecule has 0 fully saturated rings. The Hall–Kier alpha value is -1.59. The Morgan fingerprint density at radius 3 is 2.78 bits per heavy atom. The van der Waals surface area contributed by atoms with Gasteiger partial charge in [0, 0.05) is 19.2 Å². The van der Waals surface area contributed by atoms with Crippen LogP contribution in [0.3, 0.4) is 0 Å². The molecule has 5 nitrogen and oxygen atoms in total. The fourth-order valence-corrected chi connectivity index (χ4v) is 2.05. The minimum absolute atomic E-state index is 0.200. The number of phenols is 1. The molecule has 1 aromatic carbocycles. The van der Waals surface area contributed by atoms with E-state index in [0.29, 0.717) is 6.54 Å². The molecule has 18 heavy (non-hydrogen) atoms. The van der Waals surface area contributed by atoms with Crippen LogP contribution in [0.1, 0.15) is 18.8 Å². The van der Waals surface area contributed by atoms with Gasteiger partial charge in [0.25, 0.3) is 0 Å². The van der Waals surface area contributed by atoms with Gasteiger partial charge in [0.15, 0.2) is 0 Å². The maximum absolute atomic E-state index is 9.52. The van der Waals surface area contributed by atoms with Gasteiger partial charge >= 0.3 is 0 Å². The third-order valence-corrected chi connectivity index (χ3v) is 3.26. The Morgan fingerprint density at radius 1 is 1.44 bits per heavy atom. The standard InChI is InChI=1S/C13H20N4O/c1-9(16(2)3)13-15-11-8-10(18)4-5-12(11)17(13)7-6-14/h4-5,8-9,18H,6-7,14H2,1-3H3. The maximum atomic E-state index is 9.52. The van der Waals surface area contributed by atoms with Gasteiger partial charge in [-0.15, -0.1) is 0 Å². The van der Waals surface area contributed by atoms with Crippen molar-refractivity contribution in [2.75, 3.05) is 20.6 Å². The number of hydrogen-bond donors (Lipinski definition) is 2. The van der Waals surface area contributed by atoms with E-state index in [1.165, 1.54) is 0 Å². The molecule has 1 unspecified atom stereocenters. The second-order valence-corrected chi connectivity index (χ2v) is 4.72. The number of benzene rings is 1. The van der Waals surface area contributed by atoms with Gasteiger partial charge in [0.1, 0.15) is 11.6 Å². The largest absolute Gasteiger partial charge is 0.508 e. The minimum atomic E-state index is 0.200. The van der Waals surface area contributed by atoms with Crippen LogP contribution in [0.4, 0.5) is 0 Å². The van der Waals surface area contributed by atoms with Crippen LogP contribution in [-0.4, -0.2) is 40.2 Å². The predicted molar refractivity (Wildman–Crippen MR) is 72.6 cm³/mol. The third-order valence-electron chi connectivity index (χ3n) is 3.26. The van der Waals surface area contributed by atoms with E-state index in [1.54, 1.807) is 12.1 Å². The summed E-state index contributed by atoms with van der Waals surface area (Å²) in [6, 6.07) is 5.46. The van der Waals surface area contributed by atoms with E-state index in [0.717, 1.165) is 23.4 Å². The van der Waals surface area contributed by atoms with E-state index >= 15 is 0 Å². The summed E-state index contributed by atoms with van der Waals surface area (Å²) in [4.78, 5) is 6.72. The van der Waals surface area contributed by atoms with Crippen molar-refractivity contribution in [2.24, 2.45) is 5.73 Å². The van der Waals surface area contributed by atoms with E-state index in [1.807, 2.05) is 20.2 Å². The molecule has 0 aliphatic carbocycles. The smallest absolute Gasteiger partial charge is 0.127 e. The van der Waals surface area contributed by atoms with Gasteiger partial charge in [-0.2, -0.15) is 0 Å². The van der Waals surface area contributed by atoms with Crippen molar-refractivity contribution < 1.29 is 5.11 Å². The first-order chi connectivity index (χ1) is 8.54. The molecule has 0 aliphatic heterocycles. The van der Waals surface area contributed by atoms with E-state index < -0.39 is 0 Å². The quantitative estimate of drug-likeness (QED) is 0.856. The van der Waals surface area contributed by atoms with Gasteiger partial charge in [0.05, 0.1) is 17.1 Å². The summed E-state index contributed by atoms with van der Waals surface area (Å²) in [5.74, 6) is 1.22. The summed E-state index contributed by atoms with van der Waals surface area (Å²) in [5, 5.41) is 9.52. The molecule has 98 valence electrons. The number of imidazole rings is 1. The lowest BCUT2D eigenvalue weighted by molar-refractivity contribution is 0.302. The van der Waals surface area contributed by atoms with Crippen molar-refractivity contribution in [3.05, 3.63) is 24.0 Å². The molecule has 0 bridgehead atoms. The van der Waals surface area contributed by atoms with Crippen LogP contribution in [0, 0.1) is 0 Å². The lowest BCUT2D eigenvalue weighted by Gasteiger charge is -2.20. The summed E-state index contributed by atoms with van der Waals surface area (Å²) in [5.41, 5.74) is 7.50. The lowest BCUT2D eigenvalue weighted by atomic mass is 10.3. The van der Waals surface area contributed by atoms with Crippen LogP contribution < -0.4 is 5.73 Å². The normalized spacial score (nSPS) is 13.4. The van der Waals surface area contributed by atoms with Crippen molar-refractivity contribution in [3.8, 4) is 5.75 Å². The molecule has 0 saturated carbocycles. The van der Waals surface area contributed by atoms with Gasteiger partial charge < -0.3 is 15.4 Å². The van der Waals surface area contributed by atoms with Crippen LogP contribution in [0.25, 0.3) is 11.0 Å². The second-order valence-electron chi connectivity index (χ2n) is 4.72. The number of nitrogens with zero attached hydrogens (tertiary/aromatic N) is 3. The maximum Gasteiger partial charge on any atom is 0.127 e. The van der Waals surface area contributed by atoms with Crippen molar-refractivity contribution in [2.45, 2.75) is 19.5 Å². The SMILES string of the molecule is CC(c1nc2cc(O)ccc2n1CCN)N(C)C. The molecule has 1 heterocycles. The Balaban J connectivity index is 2.60. The molecule has 0 spiro atoms. The topological polar surface area (TPSA) is 67.3 Å². The second kappa shape index (κ2) is 4.96. The van der Waals surface area contributed by atoms with Crippen LogP contribution in [0.15, 0.2) is 18.2 Å². The average Bonchev–Trinajstić information content (AvgIpc) is 2.66. The predicted octanol–water partition coefficient (Wildman–Crippen LogP) is 1.32. The zero-order valence-electron chi connectivity index (χ0n) is 11.1. The van der Waals surface area contributed by atoms with Crippen LogP contribution in [-0.2, 0) is 6.54 Å². The first-order valence-electron chi connectivity index (χ1n) is 6.10. The Kier molecular flexibility index (Phi) is 3.54. The molecule has 0 amide bonds. The molecular weight excluding hydrogens is 228 g/mol. The molecule has 1 aromatic heterocycles. The molecule has 3 N–H and O–H groups in total. The highest BCUT2D eigenvalue weighted by Crippen LogP contribution is 2.25. The molecule has 0 saturated heterocycles. The van der Waals surface area contributed by atoms with Crippen LogP contribution in [0.2, 0.25) is 0 Å². The fraction of sp³-hybridized carbons (Fsp3) is 0.462. The highest BCUT2D eigenvalue weighted by atomic mass is 16.3. The van der Waals surface area contributed by atoms with E-state index in [4.69, 9.17) is 5.73 Å². The molecule has 1 atom stereocenters. The van der Waals surface area contributed by atoms with Crippen LogP contribution in [0.5, 0.6) is 5.75 Å². The van der Waals surface area contributed by atoms with Gasteiger partial charge in [-0.25, -0.2) is 4.98 Å². The number of nitrogens with two attached hydrogens (primary N) is 1. The van der Waals surface area contributed by atoms with Gasteiger partial charge in [-0.3, -0.25) is 4.90 Å². The van der Waals surface area contributed by atoms with Crippen LogP contribution >= 0.6 is 0 Å². The first kappa shape index (κ1) is 12.9. The van der Waals surface area contributed by atoms with Crippen molar-refractivity contribution in [1.82, 2.24) is 14.5 Å². The first-order valence-corrected chi connectivity index (χ1v) is 6.10. The molecule has 2 rings (SSSR count). The number of fused-ring (bicyclic) bond motifs is 1. The number of rotatable bonds is 4. The summed E-state index contributed by atoms with van der Waals surface area (Å²) in [7, 11) is 4.04. The summed E-state index contributed by atoms with van der Waals surface area (Å²) in [6.45, 7) is 3.41. The van der Waals surface area contributed by atoms with Gasteiger partial charge in [0.2, 0.25) is 0 Å². The Morgan fingerprint density at radius 2 is 2.17 bits per heavy atom. The number of aromatic hydroxyl groups is 1. The zero-order valence-corrected chi connectivity index (χ0v) is 11.1.